The average Bonchev–Trinajstić information content (AvgIpc) is 3.15. The number of esters is 1. The van der Waals surface area contributed by atoms with Crippen molar-refractivity contribution >= 4 is 5.97 Å². The lowest BCUT2D eigenvalue weighted by Gasteiger charge is -2.64. The van der Waals surface area contributed by atoms with Gasteiger partial charge in [-0.3, -0.25) is 4.79 Å². The van der Waals surface area contributed by atoms with E-state index in [-0.39, 0.29) is 34.9 Å². The van der Waals surface area contributed by atoms with Crippen molar-refractivity contribution in [3.8, 4) is 0 Å². The van der Waals surface area contributed by atoms with Crippen molar-refractivity contribution in [2.24, 2.45) is 46.3 Å². The molecular formula is C30H53NO4. The molecule has 0 amide bonds. The fourth-order valence-electron chi connectivity index (χ4n) is 9.48. The molecule has 0 unspecified atom stereocenters. The molecule has 4 saturated carbocycles. The van der Waals surface area contributed by atoms with Crippen molar-refractivity contribution < 1.29 is 19.0 Å². The van der Waals surface area contributed by atoms with Crippen LogP contribution in [0.15, 0.2) is 0 Å². The van der Waals surface area contributed by atoms with E-state index in [4.69, 9.17) is 14.2 Å². The maximum Gasteiger partial charge on any atom is 0.309 e. The Kier molecular flexibility index (Phi) is 8.60. The summed E-state index contributed by atoms with van der Waals surface area (Å²) in [5, 5.41) is 4.08. The molecule has 0 radical (unpaired) electrons. The molecule has 0 aromatic heterocycles. The van der Waals surface area contributed by atoms with Crippen molar-refractivity contribution in [1.29, 1.82) is 0 Å². The second-order valence-electron chi connectivity index (χ2n) is 13.1. The van der Waals surface area contributed by atoms with Gasteiger partial charge in [-0.1, -0.05) is 27.7 Å². The van der Waals surface area contributed by atoms with Gasteiger partial charge in [-0.05, 0) is 112 Å². The van der Waals surface area contributed by atoms with E-state index in [9.17, 15) is 4.79 Å². The lowest BCUT2D eigenvalue weighted by molar-refractivity contribution is -0.190. The Bertz CT molecular complexity index is 727. The summed E-state index contributed by atoms with van der Waals surface area (Å²) in [6.07, 6.45) is 9.68. The summed E-state index contributed by atoms with van der Waals surface area (Å²) in [7, 11) is 1.57. The Hall–Kier alpha value is -0.650. The van der Waals surface area contributed by atoms with Gasteiger partial charge in [0.1, 0.15) is 0 Å². The van der Waals surface area contributed by atoms with Crippen LogP contribution >= 0.6 is 0 Å². The summed E-state index contributed by atoms with van der Waals surface area (Å²) in [5.74, 6) is 3.37. The first kappa shape index (κ1) is 27.4. The first-order valence-electron chi connectivity index (χ1n) is 14.7. The number of methoxy groups -OCH3 is 1. The van der Waals surface area contributed by atoms with Gasteiger partial charge in [-0.25, -0.2) is 0 Å². The third-order valence-corrected chi connectivity index (χ3v) is 11.0. The highest BCUT2D eigenvalue weighted by atomic mass is 16.5. The highest BCUT2D eigenvalue weighted by Gasteiger charge is 2.65. The van der Waals surface area contributed by atoms with E-state index >= 15 is 0 Å². The van der Waals surface area contributed by atoms with Crippen LogP contribution in [0.25, 0.3) is 0 Å². The molecule has 4 aliphatic carbocycles. The molecule has 0 saturated heterocycles. The molecule has 10 atom stereocenters. The monoisotopic (exact) mass is 491 g/mol. The normalized spacial score (nSPS) is 45.0. The lowest BCUT2D eigenvalue weighted by Crippen LogP contribution is -2.64. The van der Waals surface area contributed by atoms with E-state index < -0.39 is 0 Å². The van der Waals surface area contributed by atoms with E-state index in [1.165, 1.54) is 25.7 Å². The van der Waals surface area contributed by atoms with Crippen LogP contribution in [0.5, 0.6) is 0 Å². The summed E-state index contributed by atoms with van der Waals surface area (Å²) in [6.45, 7) is 16.4. The maximum atomic E-state index is 12.9. The molecule has 0 spiro atoms. The van der Waals surface area contributed by atoms with Gasteiger partial charge in [0, 0.05) is 19.3 Å². The average molecular weight is 492 g/mol. The Morgan fingerprint density at radius 2 is 1.69 bits per heavy atom. The fourth-order valence-corrected chi connectivity index (χ4v) is 9.48. The van der Waals surface area contributed by atoms with E-state index in [2.05, 4.69) is 46.9 Å². The highest BCUT2D eigenvalue weighted by molar-refractivity contribution is 5.74. The summed E-state index contributed by atoms with van der Waals surface area (Å²) >= 11 is 0. The van der Waals surface area contributed by atoms with Crippen LogP contribution in [0.2, 0.25) is 0 Å². The minimum atomic E-state index is 0.0166. The van der Waals surface area contributed by atoms with Crippen molar-refractivity contribution in [3.05, 3.63) is 0 Å². The molecule has 5 heteroatoms. The molecule has 5 nitrogen and oxygen atoms in total. The number of hydrogen-bond donors (Lipinski definition) is 1. The topological polar surface area (TPSA) is 56.8 Å². The zero-order valence-electron chi connectivity index (χ0n) is 23.6. The molecule has 0 aliphatic heterocycles. The molecule has 0 aromatic rings. The zero-order valence-corrected chi connectivity index (χ0v) is 23.6. The highest BCUT2D eigenvalue weighted by Crippen LogP contribution is 2.67. The molecule has 35 heavy (non-hydrogen) atoms. The molecule has 0 heterocycles. The van der Waals surface area contributed by atoms with Crippen molar-refractivity contribution in [1.82, 2.24) is 5.32 Å². The number of hydrogen-bond acceptors (Lipinski definition) is 5. The molecule has 4 rings (SSSR count). The predicted molar refractivity (Wildman–Crippen MR) is 140 cm³/mol. The van der Waals surface area contributed by atoms with Gasteiger partial charge in [-0.15, -0.1) is 0 Å². The Morgan fingerprint density at radius 3 is 2.34 bits per heavy atom. The smallest absolute Gasteiger partial charge is 0.309 e. The quantitative estimate of drug-likeness (QED) is 0.410. The van der Waals surface area contributed by atoms with Crippen LogP contribution in [-0.4, -0.2) is 51.1 Å². The minimum Gasteiger partial charge on any atom is -0.469 e. The largest absolute Gasteiger partial charge is 0.469 e. The second-order valence-corrected chi connectivity index (χ2v) is 13.1. The number of fused-ring (bicyclic) bond motifs is 5. The number of carbonyl (C=O) groups excluding carboxylic acids is 1. The van der Waals surface area contributed by atoms with Gasteiger partial charge < -0.3 is 19.5 Å². The van der Waals surface area contributed by atoms with Crippen LogP contribution in [0.4, 0.5) is 0 Å². The Balaban J connectivity index is 1.66. The van der Waals surface area contributed by atoms with E-state index in [1.807, 2.05) is 0 Å². The summed E-state index contributed by atoms with van der Waals surface area (Å²) in [4.78, 5) is 12.9. The van der Waals surface area contributed by atoms with Crippen LogP contribution in [0.1, 0.15) is 92.9 Å². The number of rotatable bonds is 9. The van der Waals surface area contributed by atoms with Crippen LogP contribution < -0.4 is 5.32 Å². The SMILES string of the molecule is CCO[C@H]1C[C@@H]2CC[C@@H]3[C@H]([C@H](NCCC(C)C)C[C@]4(C)[C@@H](C(=O)OC)CC[C@@H]34)[C@@]2(C)C[C@@H]1OCC. The summed E-state index contributed by atoms with van der Waals surface area (Å²) in [6, 6.07) is 0.448. The third kappa shape index (κ3) is 4.95. The van der Waals surface area contributed by atoms with E-state index in [0.717, 1.165) is 45.4 Å². The van der Waals surface area contributed by atoms with Crippen LogP contribution in [0, 0.1) is 46.3 Å². The molecular weight excluding hydrogens is 438 g/mol. The number of ether oxygens (including phenoxy) is 3. The van der Waals surface area contributed by atoms with Gasteiger partial charge in [-0.2, -0.15) is 0 Å². The standard InChI is InChI=1S/C30H53NO4/c1-8-34-25-16-20-10-11-21-22-12-13-23(28(32)33-7)30(22,6)17-24(31-15-14-19(3)4)27(21)29(20,5)18-26(25)35-9-2/h19-27,31H,8-18H2,1-7H3/t20-,21-,22-,23+,24+,25-,26-,27+,29-,30-/m0/s1. The van der Waals surface area contributed by atoms with Gasteiger partial charge in [0.2, 0.25) is 0 Å². The predicted octanol–water partition coefficient (Wildman–Crippen LogP) is 5.85. The summed E-state index contributed by atoms with van der Waals surface area (Å²) in [5.41, 5.74) is 0.283. The fraction of sp³-hybridized carbons (Fsp3) is 0.967. The Labute approximate surface area is 214 Å². The lowest BCUT2D eigenvalue weighted by atomic mass is 9.43. The van der Waals surface area contributed by atoms with Gasteiger partial charge >= 0.3 is 5.97 Å². The zero-order chi connectivity index (χ0) is 25.4. The van der Waals surface area contributed by atoms with Crippen LogP contribution in [-0.2, 0) is 19.0 Å². The molecule has 202 valence electrons. The molecule has 1 N–H and O–H groups in total. The van der Waals surface area contributed by atoms with Gasteiger partial charge in [0.25, 0.3) is 0 Å². The molecule has 0 bridgehead atoms. The van der Waals surface area contributed by atoms with Crippen molar-refractivity contribution in [3.63, 3.8) is 0 Å². The van der Waals surface area contributed by atoms with E-state index in [1.54, 1.807) is 7.11 Å². The third-order valence-electron chi connectivity index (χ3n) is 11.0. The number of carbonyl (C=O) groups is 1. The maximum absolute atomic E-state index is 12.9. The van der Waals surface area contributed by atoms with Crippen LogP contribution in [0.3, 0.4) is 0 Å². The first-order chi connectivity index (χ1) is 16.7. The van der Waals surface area contributed by atoms with E-state index in [0.29, 0.717) is 35.6 Å². The van der Waals surface area contributed by atoms with Gasteiger partial charge in [0.15, 0.2) is 0 Å². The second kappa shape index (κ2) is 11.0. The minimum absolute atomic E-state index is 0.0166. The van der Waals surface area contributed by atoms with Crippen molar-refractivity contribution in [2.45, 2.75) is 111 Å². The molecule has 4 fully saturated rings. The van der Waals surface area contributed by atoms with Gasteiger partial charge in [0.05, 0.1) is 25.2 Å². The number of nitrogens with one attached hydrogen (secondary N) is 1. The molecule has 0 aromatic carbocycles. The summed E-state index contributed by atoms with van der Waals surface area (Å²) < 4.78 is 17.9. The Morgan fingerprint density at radius 1 is 0.971 bits per heavy atom. The first-order valence-corrected chi connectivity index (χ1v) is 14.7. The molecule has 4 aliphatic rings. The van der Waals surface area contributed by atoms with Crippen molar-refractivity contribution in [2.75, 3.05) is 26.9 Å².